The second-order valence-corrected chi connectivity index (χ2v) is 5.50. The van der Waals surface area contributed by atoms with E-state index in [4.69, 9.17) is 14.2 Å². The first-order valence-corrected chi connectivity index (χ1v) is 7.88. The number of benzene rings is 2. The Hall–Kier alpha value is -2.73. The number of methoxy groups -OCH3 is 3. The number of hydrogen-bond acceptors (Lipinski definition) is 5. The smallest absolute Gasteiger partial charge is 0.321 e. The average Bonchev–Trinajstić information content (AvgIpc) is 2.64. The first kappa shape index (κ1) is 18.6. The van der Waals surface area contributed by atoms with Gasteiger partial charge in [-0.2, -0.15) is 0 Å². The maximum atomic E-state index is 11.5. The molecule has 0 heterocycles. The van der Waals surface area contributed by atoms with E-state index >= 15 is 0 Å². The van der Waals surface area contributed by atoms with Crippen LogP contribution in [0.3, 0.4) is 0 Å². The van der Waals surface area contributed by atoms with E-state index in [0.29, 0.717) is 30.2 Å². The molecule has 1 atom stereocenters. The third kappa shape index (κ3) is 4.87. The average molecular weight is 345 g/mol. The zero-order chi connectivity index (χ0) is 18.2. The Morgan fingerprint density at radius 1 is 1.00 bits per heavy atom. The topological polar surface area (TPSA) is 77.0 Å². The first-order valence-electron chi connectivity index (χ1n) is 7.88. The molecule has 0 unspecified atom stereocenters. The van der Waals surface area contributed by atoms with Crippen molar-refractivity contribution in [1.82, 2.24) is 5.32 Å². The lowest BCUT2D eigenvalue weighted by atomic mass is 10.1. The van der Waals surface area contributed by atoms with Gasteiger partial charge in [-0.3, -0.25) is 4.79 Å². The van der Waals surface area contributed by atoms with Gasteiger partial charge in [0.2, 0.25) is 5.75 Å². The van der Waals surface area contributed by atoms with Crippen LogP contribution in [0.5, 0.6) is 17.2 Å². The Labute approximate surface area is 147 Å². The SMILES string of the molecule is COc1cc(CN[C@H](Cc2ccccc2)C(=O)O)cc(OC)c1OC. The molecule has 6 nitrogen and oxygen atoms in total. The van der Waals surface area contributed by atoms with Crippen LogP contribution in [0.25, 0.3) is 0 Å². The maximum Gasteiger partial charge on any atom is 0.321 e. The van der Waals surface area contributed by atoms with Gasteiger partial charge in [0, 0.05) is 6.54 Å². The van der Waals surface area contributed by atoms with Crippen molar-refractivity contribution in [1.29, 1.82) is 0 Å². The van der Waals surface area contributed by atoms with Crippen molar-refractivity contribution in [3.8, 4) is 17.2 Å². The number of carbonyl (C=O) groups is 1. The summed E-state index contributed by atoms with van der Waals surface area (Å²) in [6, 6.07) is 12.4. The maximum absolute atomic E-state index is 11.5. The molecule has 0 aliphatic heterocycles. The molecule has 2 N–H and O–H groups in total. The largest absolute Gasteiger partial charge is 0.493 e. The Bertz CT molecular complexity index is 677. The molecule has 0 saturated heterocycles. The van der Waals surface area contributed by atoms with Crippen LogP contribution in [-0.2, 0) is 17.8 Å². The monoisotopic (exact) mass is 345 g/mol. The predicted molar refractivity (Wildman–Crippen MR) is 94.5 cm³/mol. The van der Waals surface area contributed by atoms with Gasteiger partial charge in [-0.15, -0.1) is 0 Å². The second-order valence-electron chi connectivity index (χ2n) is 5.50. The van der Waals surface area contributed by atoms with Gasteiger partial charge in [0.1, 0.15) is 6.04 Å². The lowest BCUT2D eigenvalue weighted by Gasteiger charge is -2.17. The molecule has 25 heavy (non-hydrogen) atoms. The fraction of sp³-hybridized carbons (Fsp3) is 0.316. The highest BCUT2D eigenvalue weighted by Gasteiger charge is 2.19. The van der Waals surface area contributed by atoms with Crippen molar-refractivity contribution in [3.05, 3.63) is 53.6 Å². The lowest BCUT2D eigenvalue weighted by Crippen LogP contribution is -2.38. The fourth-order valence-corrected chi connectivity index (χ4v) is 2.58. The van der Waals surface area contributed by atoms with Gasteiger partial charge in [0.15, 0.2) is 11.5 Å². The summed E-state index contributed by atoms with van der Waals surface area (Å²) in [6.07, 6.45) is 0.403. The highest BCUT2D eigenvalue weighted by atomic mass is 16.5. The lowest BCUT2D eigenvalue weighted by molar-refractivity contribution is -0.139. The number of hydrogen-bond donors (Lipinski definition) is 2. The summed E-state index contributed by atoms with van der Waals surface area (Å²) in [6.45, 7) is 0.362. The molecule has 2 rings (SSSR count). The van der Waals surface area contributed by atoms with Crippen LogP contribution < -0.4 is 19.5 Å². The minimum Gasteiger partial charge on any atom is -0.493 e. The van der Waals surface area contributed by atoms with Gasteiger partial charge in [0.25, 0.3) is 0 Å². The Balaban J connectivity index is 2.13. The van der Waals surface area contributed by atoms with Crippen molar-refractivity contribution in [2.24, 2.45) is 0 Å². The van der Waals surface area contributed by atoms with Gasteiger partial charge in [-0.05, 0) is 29.7 Å². The summed E-state index contributed by atoms with van der Waals surface area (Å²) in [4.78, 5) is 11.5. The van der Waals surface area contributed by atoms with Crippen molar-refractivity contribution in [3.63, 3.8) is 0 Å². The van der Waals surface area contributed by atoms with Gasteiger partial charge >= 0.3 is 5.97 Å². The molecule has 0 aromatic heterocycles. The van der Waals surface area contributed by atoms with Gasteiger partial charge < -0.3 is 24.6 Å². The Morgan fingerprint density at radius 3 is 2.08 bits per heavy atom. The molecule has 2 aromatic carbocycles. The standard InChI is InChI=1S/C19H23NO5/c1-23-16-10-14(11-17(24-2)18(16)25-3)12-20-15(19(21)22)9-13-7-5-4-6-8-13/h4-8,10-11,15,20H,9,12H2,1-3H3,(H,21,22)/t15-/m1/s1. The molecule has 0 radical (unpaired) electrons. The van der Waals surface area contributed by atoms with E-state index in [1.807, 2.05) is 30.3 Å². The zero-order valence-electron chi connectivity index (χ0n) is 14.6. The quantitative estimate of drug-likeness (QED) is 0.727. The van der Waals surface area contributed by atoms with Crippen LogP contribution >= 0.6 is 0 Å². The molecule has 0 saturated carbocycles. The summed E-state index contributed by atoms with van der Waals surface area (Å²) >= 11 is 0. The third-order valence-corrected chi connectivity index (χ3v) is 3.86. The number of ether oxygens (including phenoxy) is 3. The van der Waals surface area contributed by atoms with Gasteiger partial charge in [-0.1, -0.05) is 30.3 Å². The molecule has 6 heteroatoms. The van der Waals surface area contributed by atoms with Crippen LogP contribution in [0.2, 0.25) is 0 Å². The molecule has 0 bridgehead atoms. The van der Waals surface area contributed by atoms with Crippen LogP contribution in [0.15, 0.2) is 42.5 Å². The highest BCUT2D eigenvalue weighted by Crippen LogP contribution is 2.38. The molecule has 2 aromatic rings. The second kappa shape index (κ2) is 8.94. The molecule has 0 spiro atoms. The van der Waals surface area contributed by atoms with Crippen LogP contribution in [-0.4, -0.2) is 38.4 Å². The highest BCUT2D eigenvalue weighted by molar-refractivity contribution is 5.74. The minimum absolute atomic E-state index is 0.362. The predicted octanol–water partition coefficient (Wildman–Crippen LogP) is 2.50. The van der Waals surface area contributed by atoms with Crippen molar-refractivity contribution in [2.45, 2.75) is 19.0 Å². The van der Waals surface area contributed by atoms with Crippen molar-refractivity contribution < 1.29 is 24.1 Å². The normalized spacial score (nSPS) is 11.6. The van der Waals surface area contributed by atoms with E-state index in [-0.39, 0.29) is 0 Å². The third-order valence-electron chi connectivity index (χ3n) is 3.86. The number of carboxylic acid groups (broad SMARTS) is 1. The summed E-state index contributed by atoms with van der Waals surface area (Å²) < 4.78 is 15.9. The molecule has 0 aliphatic carbocycles. The van der Waals surface area contributed by atoms with Crippen molar-refractivity contribution in [2.75, 3.05) is 21.3 Å². The van der Waals surface area contributed by atoms with E-state index in [1.54, 1.807) is 33.5 Å². The molecule has 134 valence electrons. The number of aliphatic carboxylic acids is 1. The van der Waals surface area contributed by atoms with Crippen LogP contribution in [0, 0.1) is 0 Å². The van der Waals surface area contributed by atoms with Crippen molar-refractivity contribution >= 4 is 5.97 Å². The summed E-state index contributed by atoms with van der Waals surface area (Å²) in [7, 11) is 4.63. The molecule has 0 amide bonds. The number of rotatable bonds is 9. The van der Waals surface area contributed by atoms with E-state index in [1.165, 1.54) is 0 Å². The van der Waals surface area contributed by atoms with E-state index in [9.17, 15) is 9.90 Å². The van der Waals surface area contributed by atoms with E-state index in [0.717, 1.165) is 11.1 Å². The number of nitrogens with one attached hydrogen (secondary N) is 1. The Morgan fingerprint density at radius 2 is 1.60 bits per heavy atom. The summed E-state index contributed by atoms with van der Waals surface area (Å²) in [5, 5.41) is 12.5. The summed E-state index contributed by atoms with van der Waals surface area (Å²) in [5.41, 5.74) is 1.81. The number of carboxylic acids is 1. The van der Waals surface area contributed by atoms with Crippen LogP contribution in [0.1, 0.15) is 11.1 Å². The summed E-state index contributed by atoms with van der Waals surface area (Å²) in [5.74, 6) is 0.686. The van der Waals surface area contributed by atoms with E-state index in [2.05, 4.69) is 5.32 Å². The fourth-order valence-electron chi connectivity index (χ4n) is 2.58. The molecular weight excluding hydrogens is 322 g/mol. The van der Waals surface area contributed by atoms with E-state index < -0.39 is 12.0 Å². The zero-order valence-corrected chi connectivity index (χ0v) is 14.6. The first-order chi connectivity index (χ1) is 12.1. The van der Waals surface area contributed by atoms with Gasteiger partial charge in [0.05, 0.1) is 21.3 Å². The minimum atomic E-state index is -0.892. The molecular formula is C19H23NO5. The van der Waals surface area contributed by atoms with Gasteiger partial charge in [-0.25, -0.2) is 0 Å². The Kier molecular flexibility index (Phi) is 6.65. The molecule has 0 aliphatic rings. The molecule has 0 fully saturated rings. The van der Waals surface area contributed by atoms with Crippen LogP contribution in [0.4, 0.5) is 0 Å².